The Bertz CT molecular complexity index is 137. The van der Waals surface area contributed by atoms with Crippen molar-refractivity contribution in [2.45, 2.75) is 37.6 Å². The first-order valence-corrected chi connectivity index (χ1v) is 3.80. The normalized spacial score (nSPS) is 49.2. The summed E-state index contributed by atoms with van der Waals surface area (Å²) in [4.78, 5) is 0. The van der Waals surface area contributed by atoms with E-state index < -0.39 is 30.7 Å². The van der Waals surface area contributed by atoms with Gasteiger partial charge in [0.1, 0.15) is 18.3 Å². The molecule has 5 nitrogen and oxygen atoms in total. The lowest BCUT2D eigenvalue weighted by molar-refractivity contribution is -0.282. The predicted molar refractivity (Wildman–Crippen MR) is 39.4 cm³/mol. The second-order valence-electron chi connectivity index (χ2n) is 2.91. The predicted octanol–water partition coefficient (Wildman–Crippen LogP) is -1.54. The van der Waals surface area contributed by atoms with Gasteiger partial charge in [-0.3, -0.25) is 0 Å². The van der Waals surface area contributed by atoms with Crippen LogP contribution in [0.2, 0.25) is 0 Å². The van der Waals surface area contributed by atoms with Crippen molar-refractivity contribution in [3.05, 3.63) is 0 Å². The molecule has 72 valence electrons. The summed E-state index contributed by atoms with van der Waals surface area (Å²) in [5.74, 6) is 0. The van der Waals surface area contributed by atoms with Crippen molar-refractivity contribution >= 4 is 0 Å². The molecular weight excluding hydrogens is 164 g/mol. The fourth-order valence-electron chi connectivity index (χ4n) is 1.29. The zero-order chi connectivity index (χ0) is 9.30. The lowest BCUT2D eigenvalue weighted by Gasteiger charge is -2.38. The van der Waals surface area contributed by atoms with Gasteiger partial charge in [0, 0.05) is 7.11 Å². The first-order valence-electron chi connectivity index (χ1n) is 3.80. The van der Waals surface area contributed by atoms with E-state index >= 15 is 0 Å². The summed E-state index contributed by atoms with van der Waals surface area (Å²) in [6.07, 6.45) is -4.71. The van der Waals surface area contributed by atoms with Crippen molar-refractivity contribution in [2.75, 3.05) is 7.11 Å². The second kappa shape index (κ2) is 3.68. The number of ether oxygens (including phenoxy) is 2. The molecule has 1 rings (SSSR count). The first-order chi connectivity index (χ1) is 5.57. The minimum atomic E-state index is -1.28. The second-order valence-corrected chi connectivity index (χ2v) is 2.91. The van der Waals surface area contributed by atoms with Crippen molar-refractivity contribution < 1.29 is 24.8 Å². The number of methoxy groups -OCH3 is 1. The fraction of sp³-hybridized carbons (Fsp3) is 1.00. The lowest BCUT2D eigenvalue weighted by Crippen LogP contribution is -2.57. The summed E-state index contributed by atoms with van der Waals surface area (Å²) in [6.45, 7) is 1.60. The Morgan fingerprint density at radius 2 is 1.75 bits per heavy atom. The summed E-state index contributed by atoms with van der Waals surface area (Å²) in [7, 11) is 1.36. The van der Waals surface area contributed by atoms with Gasteiger partial charge < -0.3 is 24.8 Å². The average molecular weight is 178 g/mol. The third-order valence-electron chi connectivity index (χ3n) is 2.07. The van der Waals surface area contributed by atoms with Crippen LogP contribution in [0.5, 0.6) is 0 Å². The molecule has 1 fully saturated rings. The van der Waals surface area contributed by atoms with Gasteiger partial charge >= 0.3 is 0 Å². The molecule has 1 heterocycles. The van der Waals surface area contributed by atoms with Gasteiger partial charge in [-0.1, -0.05) is 0 Å². The van der Waals surface area contributed by atoms with Gasteiger partial charge in [-0.15, -0.1) is 0 Å². The summed E-state index contributed by atoms with van der Waals surface area (Å²) >= 11 is 0. The fourth-order valence-corrected chi connectivity index (χ4v) is 1.29. The van der Waals surface area contributed by atoms with Crippen LogP contribution in [-0.2, 0) is 9.47 Å². The van der Waals surface area contributed by atoms with Crippen LogP contribution in [0.4, 0.5) is 0 Å². The van der Waals surface area contributed by atoms with Gasteiger partial charge in [-0.05, 0) is 6.92 Å². The topological polar surface area (TPSA) is 79.2 Å². The maximum Gasteiger partial charge on any atom is 0.183 e. The molecule has 0 aliphatic carbocycles. The molecule has 0 spiro atoms. The molecule has 0 unspecified atom stereocenters. The third-order valence-corrected chi connectivity index (χ3v) is 2.07. The van der Waals surface area contributed by atoms with Crippen LogP contribution < -0.4 is 0 Å². The van der Waals surface area contributed by atoms with Crippen molar-refractivity contribution in [2.24, 2.45) is 0 Å². The van der Waals surface area contributed by atoms with E-state index in [0.29, 0.717) is 0 Å². The van der Waals surface area contributed by atoms with E-state index in [9.17, 15) is 10.2 Å². The van der Waals surface area contributed by atoms with Crippen molar-refractivity contribution in [3.63, 3.8) is 0 Å². The van der Waals surface area contributed by atoms with Gasteiger partial charge in [0.2, 0.25) is 0 Å². The van der Waals surface area contributed by atoms with Crippen molar-refractivity contribution in [3.8, 4) is 0 Å². The van der Waals surface area contributed by atoms with Crippen LogP contribution in [-0.4, -0.2) is 53.1 Å². The van der Waals surface area contributed by atoms with E-state index in [4.69, 9.17) is 14.6 Å². The van der Waals surface area contributed by atoms with E-state index in [0.717, 1.165) is 0 Å². The van der Waals surface area contributed by atoms with Crippen molar-refractivity contribution in [1.29, 1.82) is 0 Å². The number of rotatable bonds is 1. The molecule has 5 heteroatoms. The number of hydrogen-bond donors (Lipinski definition) is 3. The molecule has 0 aromatic carbocycles. The highest BCUT2D eigenvalue weighted by Gasteiger charge is 2.42. The average Bonchev–Trinajstić information content (AvgIpc) is 2.02. The van der Waals surface area contributed by atoms with E-state index in [-0.39, 0.29) is 0 Å². The molecule has 1 aliphatic rings. The van der Waals surface area contributed by atoms with Gasteiger partial charge in [0.05, 0.1) is 6.10 Å². The van der Waals surface area contributed by atoms with E-state index in [2.05, 4.69) is 0 Å². The van der Waals surface area contributed by atoms with Gasteiger partial charge in [-0.2, -0.15) is 0 Å². The SMILES string of the molecule is CO[C@H]1[C@@H](O)[C@H](O)O[C@H](C)[C@H]1O. The molecule has 1 saturated heterocycles. The Kier molecular flexibility index (Phi) is 3.03. The highest BCUT2D eigenvalue weighted by atomic mass is 16.6. The molecule has 0 saturated carbocycles. The van der Waals surface area contributed by atoms with Crippen molar-refractivity contribution in [1.82, 2.24) is 0 Å². The zero-order valence-electron chi connectivity index (χ0n) is 7.04. The van der Waals surface area contributed by atoms with Crippen LogP contribution in [0.1, 0.15) is 6.92 Å². The summed E-state index contributed by atoms with van der Waals surface area (Å²) < 4.78 is 9.63. The summed E-state index contributed by atoms with van der Waals surface area (Å²) in [5.41, 5.74) is 0. The molecule has 0 amide bonds. The highest BCUT2D eigenvalue weighted by Crippen LogP contribution is 2.21. The van der Waals surface area contributed by atoms with Crippen LogP contribution in [0.3, 0.4) is 0 Å². The minimum Gasteiger partial charge on any atom is -0.388 e. The van der Waals surface area contributed by atoms with E-state index in [1.165, 1.54) is 7.11 Å². The van der Waals surface area contributed by atoms with Crippen LogP contribution in [0, 0.1) is 0 Å². The highest BCUT2D eigenvalue weighted by molar-refractivity contribution is 4.87. The molecule has 5 atom stereocenters. The smallest absolute Gasteiger partial charge is 0.183 e. The van der Waals surface area contributed by atoms with E-state index in [1.807, 2.05) is 0 Å². The Morgan fingerprint density at radius 1 is 1.17 bits per heavy atom. The number of hydrogen-bond acceptors (Lipinski definition) is 5. The largest absolute Gasteiger partial charge is 0.388 e. The number of aliphatic hydroxyl groups excluding tert-OH is 3. The monoisotopic (exact) mass is 178 g/mol. The Hall–Kier alpha value is -0.200. The van der Waals surface area contributed by atoms with Crippen LogP contribution >= 0.6 is 0 Å². The Labute approximate surface area is 70.5 Å². The molecule has 3 N–H and O–H groups in total. The van der Waals surface area contributed by atoms with Gasteiger partial charge in [0.25, 0.3) is 0 Å². The molecule has 12 heavy (non-hydrogen) atoms. The maximum absolute atomic E-state index is 9.40. The Balaban J connectivity index is 2.67. The molecule has 0 aromatic heterocycles. The summed E-state index contributed by atoms with van der Waals surface area (Å²) in [5, 5.41) is 27.8. The first kappa shape index (κ1) is 9.88. The maximum atomic E-state index is 9.40. The minimum absolute atomic E-state index is 0.534. The zero-order valence-corrected chi connectivity index (χ0v) is 7.04. The van der Waals surface area contributed by atoms with Gasteiger partial charge in [-0.25, -0.2) is 0 Å². The lowest BCUT2D eigenvalue weighted by atomic mass is 10.00. The van der Waals surface area contributed by atoms with E-state index in [1.54, 1.807) is 6.92 Å². The quantitative estimate of drug-likeness (QED) is 0.453. The number of aliphatic hydroxyl groups is 3. The Morgan fingerprint density at radius 3 is 2.25 bits per heavy atom. The third kappa shape index (κ3) is 1.60. The molecular formula is C7H14O5. The van der Waals surface area contributed by atoms with Crippen LogP contribution in [0.25, 0.3) is 0 Å². The summed E-state index contributed by atoms with van der Waals surface area (Å²) in [6, 6.07) is 0. The van der Waals surface area contributed by atoms with Gasteiger partial charge in [0.15, 0.2) is 6.29 Å². The standard InChI is InChI=1S/C7H14O5/c1-3-4(8)6(11-2)5(9)7(10)12-3/h3-10H,1-2H3/t3-,4-,5-,6-,7-/m1/s1. The molecule has 1 aliphatic heterocycles. The molecule has 0 radical (unpaired) electrons. The molecule has 0 aromatic rings. The van der Waals surface area contributed by atoms with Crippen LogP contribution in [0.15, 0.2) is 0 Å². The molecule has 0 bridgehead atoms.